The van der Waals surface area contributed by atoms with E-state index in [9.17, 15) is 9.59 Å². The molecule has 1 atom stereocenters. The predicted octanol–water partition coefficient (Wildman–Crippen LogP) is 6.37. The number of thiazole rings is 1. The molecule has 1 unspecified atom stereocenters. The van der Waals surface area contributed by atoms with E-state index in [0.29, 0.717) is 48.8 Å². The third-order valence-corrected chi connectivity index (χ3v) is 8.54. The first kappa shape index (κ1) is 28.3. The second-order valence-corrected chi connectivity index (χ2v) is 11.8. The number of rotatable bonds is 8. The summed E-state index contributed by atoms with van der Waals surface area (Å²) < 4.78 is 20.7. The summed E-state index contributed by atoms with van der Waals surface area (Å²) in [6, 6.07) is 16.3. The lowest BCUT2D eigenvalue weighted by atomic mass is 9.94. The summed E-state index contributed by atoms with van der Waals surface area (Å²) in [5, 5.41) is 0. The predicted molar refractivity (Wildman–Crippen MR) is 162 cm³/mol. The zero-order chi connectivity index (χ0) is 28.4. The molecule has 4 aromatic rings. The Morgan fingerprint density at radius 3 is 2.58 bits per heavy atom. The summed E-state index contributed by atoms with van der Waals surface area (Å²) in [6.07, 6.45) is 3.07. The molecule has 0 saturated heterocycles. The van der Waals surface area contributed by atoms with Crippen molar-refractivity contribution in [3.63, 3.8) is 0 Å². The van der Waals surface area contributed by atoms with E-state index in [1.807, 2.05) is 61.5 Å². The molecular weight excluding hydrogens is 660 g/mol. The van der Waals surface area contributed by atoms with Gasteiger partial charge in [0.15, 0.2) is 4.80 Å². The van der Waals surface area contributed by atoms with Crippen LogP contribution in [0, 0.1) is 0 Å². The minimum Gasteiger partial charge on any atom is -0.496 e. The number of benzene rings is 2. The molecule has 0 amide bonds. The van der Waals surface area contributed by atoms with Gasteiger partial charge in [-0.3, -0.25) is 9.36 Å². The van der Waals surface area contributed by atoms with Crippen LogP contribution >= 0.6 is 43.2 Å². The van der Waals surface area contributed by atoms with Crippen molar-refractivity contribution in [2.75, 3.05) is 13.7 Å². The molecule has 1 aliphatic heterocycles. The van der Waals surface area contributed by atoms with Gasteiger partial charge in [0.25, 0.3) is 5.56 Å². The van der Waals surface area contributed by atoms with E-state index in [-0.39, 0.29) is 12.2 Å². The number of allylic oxidation sites excluding steroid dienone is 1. The molecule has 3 heterocycles. The Morgan fingerprint density at radius 2 is 1.90 bits per heavy atom. The Bertz CT molecular complexity index is 1780. The number of carbonyl (C=O) groups is 1. The molecular formula is C30H26Br2N2O5S. The minimum absolute atomic E-state index is 0.213. The van der Waals surface area contributed by atoms with Gasteiger partial charge in [-0.05, 0) is 71.2 Å². The molecule has 7 nitrogen and oxygen atoms in total. The Balaban J connectivity index is 1.68. The second-order valence-electron chi connectivity index (χ2n) is 9.02. The van der Waals surface area contributed by atoms with E-state index in [2.05, 4.69) is 31.9 Å². The van der Waals surface area contributed by atoms with Crippen molar-refractivity contribution < 1.29 is 18.7 Å². The lowest BCUT2D eigenvalue weighted by Crippen LogP contribution is -2.40. The highest BCUT2D eigenvalue weighted by molar-refractivity contribution is 9.10. The molecule has 0 saturated carbocycles. The molecule has 10 heteroatoms. The fourth-order valence-electron chi connectivity index (χ4n) is 4.62. The van der Waals surface area contributed by atoms with Crippen LogP contribution in [0.3, 0.4) is 0 Å². The summed E-state index contributed by atoms with van der Waals surface area (Å²) in [7, 11) is 1.59. The lowest BCUT2D eigenvalue weighted by Gasteiger charge is -2.26. The molecule has 0 aliphatic carbocycles. The molecule has 0 fully saturated rings. The second kappa shape index (κ2) is 12.1. The number of carbonyl (C=O) groups excluding carboxylic acids is 1. The van der Waals surface area contributed by atoms with Crippen LogP contribution in [0.25, 0.3) is 17.4 Å². The van der Waals surface area contributed by atoms with Crippen molar-refractivity contribution >= 4 is 55.2 Å². The molecule has 0 spiro atoms. The van der Waals surface area contributed by atoms with Gasteiger partial charge in [0, 0.05) is 16.1 Å². The van der Waals surface area contributed by atoms with Crippen molar-refractivity contribution in [2.24, 2.45) is 4.99 Å². The van der Waals surface area contributed by atoms with Gasteiger partial charge in [-0.2, -0.15) is 0 Å². The maximum Gasteiger partial charge on any atom is 0.338 e. The molecule has 5 rings (SSSR count). The lowest BCUT2D eigenvalue weighted by molar-refractivity contribution is -0.139. The maximum absolute atomic E-state index is 13.9. The summed E-state index contributed by atoms with van der Waals surface area (Å²) in [4.78, 5) is 32.6. The number of methoxy groups -OCH3 is 1. The van der Waals surface area contributed by atoms with Crippen molar-refractivity contribution in [1.29, 1.82) is 0 Å². The van der Waals surface area contributed by atoms with Gasteiger partial charge in [-0.25, -0.2) is 9.79 Å². The standard InChI is InChI=1S/C30H26Br2N2O5S/c1-4-6-22-26(29(36)38-5-2)27(18-9-13-24(37-3)21(32)15-18)34-28(35)25(40-30(34)33-22)16-20-12-14-23(39-20)17-7-10-19(31)11-8-17/h7-16,27H,4-6H2,1-3H3/b25-16-. The fourth-order valence-corrected chi connectivity index (χ4v) is 6.44. The first-order valence-electron chi connectivity index (χ1n) is 12.8. The van der Waals surface area contributed by atoms with Crippen molar-refractivity contribution in [3.05, 3.63) is 106 Å². The highest BCUT2D eigenvalue weighted by Crippen LogP contribution is 2.36. The molecule has 1 aliphatic rings. The van der Waals surface area contributed by atoms with Gasteiger partial charge in [0.1, 0.15) is 17.3 Å². The number of fused-ring (bicyclic) bond motifs is 1. The van der Waals surface area contributed by atoms with E-state index in [1.165, 1.54) is 11.3 Å². The quantitative estimate of drug-likeness (QED) is 0.201. The smallest absolute Gasteiger partial charge is 0.338 e. The average molecular weight is 686 g/mol. The molecule has 40 heavy (non-hydrogen) atoms. The number of esters is 1. The number of hydrogen-bond donors (Lipinski definition) is 0. The van der Waals surface area contributed by atoms with E-state index in [0.717, 1.165) is 22.0 Å². The minimum atomic E-state index is -0.712. The molecule has 2 aromatic carbocycles. The Hall–Kier alpha value is -3.21. The Labute approximate surface area is 251 Å². The molecule has 2 aromatic heterocycles. The van der Waals surface area contributed by atoms with Crippen LogP contribution in [-0.4, -0.2) is 24.3 Å². The van der Waals surface area contributed by atoms with Gasteiger partial charge in [0.05, 0.1) is 40.0 Å². The van der Waals surface area contributed by atoms with Crippen LogP contribution in [-0.2, 0) is 9.53 Å². The SMILES string of the molecule is CCCC1=C(C(=O)OCC)C(c2ccc(OC)c(Br)c2)n2c(s/c(=C\c3ccc(-c4ccc(Br)cc4)o3)c2=O)=N1. The number of furan rings is 1. The van der Waals surface area contributed by atoms with Crippen LogP contribution < -0.4 is 19.6 Å². The molecule has 0 N–H and O–H groups in total. The van der Waals surface area contributed by atoms with Gasteiger partial charge in [0.2, 0.25) is 0 Å². The molecule has 0 bridgehead atoms. The third kappa shape index (κ3) is 5.53. The Kier molecular flexibility index (Phi) is 8.58. The summed E-state index contributed by atoms with van der Waals surface area (Å²) in [6.45, 7) is 4.00. The summed E-state index contributed by atoms with van der Waals surface area (Å²) in [5.41, 5.74) is 2.40. The van der Waals surface area contributed by atoms with E-state index >= 15 is 0 Å². The topological polar surface area (TPSA) is 83.0 Å². The number of aromatic nitrogens is 1. The zero-order valence-corrected chi connectivity index (χ0v) is 26.1. The first-order chi connectivity index (χ1) is 19.3. The zero-order valence-electron chi connectivity index (χ0n) is 22.1. The van der Waals surface area contributed by atoms with Gasteiger partial charge < -0.3 is 13.9 Å². The van der Waals surface area contributed by atoms with Gasteiger partial charge >= 0.3 is 5.97 Å². The van der Waals surface area contributed by atoms with Crippen LogP contribution in [0.4, 0.5) is 0 Å². The molecule has 0 radical (unpaired) electrons. The van der Waals surface area contributed by atoms with E-state index < -0.39 is 12.0 Å². The monoisotopic (exact) mass is 684 g/mol. The van der Waals surface area contributed by atoms with Crippen LogP contribution in [0.15, 0.2) is 89.0 Å². The highest BCUT2D eigenvalue weighted by atomic mass is 79.9. The number of nitrogens with zero attached hydrogens (tertiary/aromatic N) is 2. The van der Waals surface area contributed by atoms with Crippen molar-refractivity contribution in [3.8, 4) is 17.1 Å². The summed E-state index contributed by atoms with van der Waals surface area (Å²) >= 11 is 8.27. The summed E-state index contributed by atoms with van der Waals surface area (Å²) in [5.74, 6) is 1.41. The first-order valence-corrected chi connectivity index (χ1v) is 15.2. The third-order valence-electron chi connectivity index (χ3n) is 6.41. The van der Waals surface area contributed by atoms with Crippen molar-refractivity contribution in [1.82, 2.24) is 4.57 Å². The van der Waals surface area contributed by atoms with Crippen LogP contribution in [0.5, 0.6) is 5.75 Å². The fraction of sp³-hybridized carbons (Fsp3) is 0.233. The van der Waals surface area contributed by atoms with Gasteiger partial charge in [-0.1, -0.05) is 58.8 Å². The number of halogens is 2. The van der Waals surface area contributed by atoms with Crippen LogP contribution in [0.2, 0.25) is 0 Å². The Morgan fingerprint density at radius 1 is 1.12 bits per heavy atom. The number of ether oxygens (including phenoxy) is 2. The van der Waals surface area contributed by atoms with E-state index in [1.54, 1.807) is 24.7 Å². The largest absolute Gasteiger partial charge is 0.496 e. The molecule has 206 valence electrons. The van der Waals surface area contributed by atoms with Crippen LogP contribution in [0.1, 0.15) is 44.1 Å². The average Bonchev–Trinajstić information content (AvgIpc) is 3.53. The number of hydrogen-bond acceptors (Lipinski definition) is 7. The van der Waals surface area contributed by atoms with E-state index in [4.69, 9.17) is 18.9 Å². The van der Waals surface area contributed by atoms with Gasteiger partial charge in [-0.15, -0.1) is 0 Å². The van der Waals surface area contributed by atoms with Crippen molar-refractivity contribution in [2.45, 2.75) is 32.7 Å². The normalized spacial score (nSPS) is 15.1. The highest BCUT2D eigenvalue weighted by Gasteiger charge is 2.34. The maximum atomic E-state index is 13.9.